The van der Waals surface area contributed by atoms with Crippen molar-refractivity contribution in [3.8, 4) is 0 Å². The fourth-order valence-corrected chi connectivity index (χ4v) is 1.48. The van der Waals surface area contributed by atoms with Crippen molar-refractivity contribution >= 4 is 17.4 Å². The van der Waals surface area contributed by atoms with Gasteiger partial charge >= 0.3 is 0 Å². The molecule has 0 saturated heterocycles. The van der Waals surface area contributed by atoms with Crippen LogP contribution in [0.3, 0.4) is 0 Å². The maximum Gasteiger partial charge on any atom is 0.275 e. The molecule has 1 amide bonds. The van der Waals surface area contributed by atoms with E-state index in [2.05, 4.69) is 20.7 Å². The van der Waals surface area contributed by atoms with E-state index in [-0.39, 0.29) is 5.91 Å². The molecule has 2 heterocycles. The van der Waals surface area contributed by atoms with Crippen molar-refractivity contribution in [2.45, 2.75) is 6.92 Å². The van der Waals surface area contributed by atoms with E-state index in [0.717, 1.165) is 11.4 Å². The average molecular weight is 245 g/mol. The van der Waals surface area contributed by atoms with E-state index in [1.54, 1.807) is 36.1 Å². The lowest BCUT2D eigenvalue weighted by Crippen LogP contribution is -2.14. The highest BCUT2D eigenvalue weighted by atomic mass is 16.1. The predicted molar refractivity (Wildman–Crippen MR) is 69.7 cm³/mol. The molecule has 0 atom stereocenters. The van der Waals surface area contributed by atoms with E-state index in [0.29, 0.717) is 11.5 Å². The highest BCUT2D eigenvalue weighted by Crippen LogP contribution is 2.10. The Balaban J connectivity index is 2.11. The Morgan fingerprint density at radius 1 is 1.39 bits per heavy atom. The van der Waals surface area contributed by atoms with Crippen molar-refractivity contribution in [3.63, 3.8) is 0 Å². The van der Waals surface area contributed by atoms with Gasteiger partial charge in [-0.1, -0.05) is 0 Å². The molecule has 0 bridgehead atoms. The van der Waals surface area contributed by atoms with Crippen LogP contribution in [-0.4, -0.2) is 27.7 Å². The number of aromatic nitrogens is 3. The SMILES string of the molecule is CNc1ccc(C(=O)Nc2cc(C)n(C)n2)nc1. The van der Waals surface area contributed by atoms with Crippen LogP contribution in [0.15, 0.2) is 24.4 Å². The number of nitrogens with one attached hydrogen (secondary N) is 2. The quantitative estimate of drug-likeness (QED) is 0.857. The molecule has 6 nitrogen and oxygen atoms in total. The Morgan fingerprint density at radius 3 is 2.67 bits per heavy atom. The number of aryl methyl sites for hydroxylation is 2. The molecule has 18 heavy (non-hydrogen) atoms. The highest BCUT2D eigenvalue weighted by molar-refractivity contribution is 6.02. The number of anilines is 2. The van der Waals surface area contributed by atoms with Crippen molar-refractivity contribution in [3.05, 3.63) is 35.8 Å². The second kappa shape index (κ2) is 4.87. The molecule has 2 aromatic heterocycles. The molecule has 0 saturated carbocycles. The minimum atomic E-state index is -0.268. The van der Waals surface area contributed by atoms with Gasteiger partial charge in [0.2, 0.25) is 0 Å². The van der Waals surface area contributed by atoms with Crippen LogP contribution in [0.25, 0.3) is 0 Å². The lowest BCUT2D eigenvalue weighted by molar-refractivity contribution is 0.102. The zero-order valence-electron chi connectivity index (χ0n) is 10.6. The van der Waals surface area contributed by atoms with Gasteiger partial charge in [0.25, 0.3) is 5.91 Å². The van der Waals surface area contributed by atoms with E-state index < -0.39 is 0 Å². The summed E-state index contributed by atoms with van der Waals surface area (Å²) in [4.78, 5) is 16.0. The second-order valence-electron chi connectivity index (χ2n) is 3.93. The van der Waals surface area contributed by atoms with Gasteiger partial charge in [0, 0.05) is 25.9 Å². The number of carbonyl (C=O) groups excluding carboxylic acids is 1. The molecule has 0 radical (unpaired) electrons. The minimum Gasteiger partial charge on any atom is -0.387 e. The van der Waals surface area contributed by atoms with Crippen LogP contribution in [0.4, 0.5) is 11.5 Å². The lowest BCUT2D eigenvalue weighted by atomic mass is 10.3. The van der Waals surface area contributed by atoms with Crippen LogP contribution >= 0.6 is 0 Å². The molecule has 0 aromatic carbocycles. The molecule has 0 aliphatic heterocycles. The number of amides is 1. The molecular weight excluding hydrogens is 230 g/mol. The first-order chi connectivity index (χ1) is 8.60. The summed E-state index contributed by atoms with van der Waals surface area (Å²) in [6.45, 7) is 1.92. The third kappa shape index (κ3) is 2.48. The van der Waals surface area contributed by atoms with Crippen molar-refractivity contribution < 1.29 is 4.79 Å². The predicted octanol–water partition coefficient (Wildman–Crippen LogP) is 1.42. The largest absolute Gasteiger partial charge is 0.387 e. The second-order valence-corrected chi connectivity index (χ2v) is 3.93. The molecule has 0 spiro atoms. The number of pyridine rings is 1. The van der Waals surface area contributed by atoms with Gasteiger partial charge in [0.05, 0.1) is 11.9 Å². The maximum atomic E-state index is 11.9. The van der Waals surface area contributed by atoms with Crippen LogP contribution in [0.2, 0.25) is 0 Å². The summed E-state index contributed by atoms with van der Waals surface area (Å²) in [5.74, 6) is 0.259. The smallest absolute Gasteiger partial charge is 0.275 e. The fraction of sp³-hybridized carbons (Fsp3) is 0.250. The summed E-state index contributed by atoms with van der Waals surface area (Å²) in [6.07, 6.45) is 1.61. The van der Waals surface area contributed by atoms with Gasteiger partial charge in [-0.3, -0.25) is 9.48 Å². The molecule has 2 aromatic rings. The van der Waals surface area contributed by atoms with Gasteiger partial charge < -0.3 is 10.6 Å². The highest BCUT2D eigenvalue weighted by Gasteiger charge is 2.09. The van der Waals surface area contributed by atoms with Gasteiger partial charge in [-0.15, -0.1) is 0 Å². The minimum absolute atomic E-state index is 0.268. The summed E-state index contributed by atoms with van der Waals surface area (Å²) < 4.78 is 1.70. The first-order valence-corrected chi connectivity index (χ1v) is 5.56. The molecule has 2 N–H and O–H groups in total. The van der Waals surface area contributed by atoms with Crippen molar-refractivity contribution in [1.29, 1.82) is 0 Å². The monoisotopic (exact) mass is 245 g/mol. The third-order valence-electron chi connectivity index (χ3n) is 2.64. The van der Waals surface area contributed by atoms with Gasteiger partial charge in [0.1, 0.15) is 5.69 Å². The van der Waals surface area contributed by atoms with Crippen molar-refractivity contribution in [2.75, 3.05) is 17.7 Å². The Labute approximate surface area is 105 Å². The zero-order chi connectivity index (χ0) is 13.1. The first-order valence-electron chi connectivity index (χ1n) is 5.56. The zero-order valence-corrected chi connectivity index (χ0v) is 10.6. The molecule has 0 aliphatic rings. The maximum absolute atomic E-state index is 11.9. The molecule has 6 heteroatoms. The molecular formula is C12H15N5O. The van der Waals surface area contributed by atoms with Gasteiger partial charge in [0.15, 0.2) is 5.82 Å². The topological polar surface area (TPSA) is 71.8 Å². The number of hydrogen-bond acceptors (Lipinski definition) is 4. The normalized spacial score (nSPS) is 10.2. The van der Waals surface area contributed by atoms with Crippen LogP contribution in [0.1, 0.15) is 16.2 Å². The van der Waals surface area contributed by atoms with E-state index in [1.165, 1.54) is 0 Å². The molecule has 0 unspecified atom stereocenters. The summed E-state index contributed by atoms with van der Waals surface area (Å²) in [6, 6.07) is 5.27. The van der Waals surface area contributed by atoms with E-state index in [4.69, 9.17) is 0 Å². The number of nitrogens with zero attached hydrogens (tertiary/aromatic N) is 3. The number of hydrogen-bond donors (Lipinski definition) is 2. The standard InChI is InChI=1S/C12H15N5O/c1-8-6-11(16-17(8)3)15-12(18)10-5-4-9(13-2)7-14-10/h4-7,13H,1-3H3,(H,15,16,18). The summed E-state index contributed by atoms with van der Waals surface area (Å²) in [7, 11) is 3.62. The lowest BCUT2D eigenvalue weighted by Gasteiger charge is -2.02. The first kappa shape index (κ1) is 12.1. The van der Waals surface area contributed by atoms with Crippen LogP contribution in [-0.2, 0) is 7.05 Å². The van der Waals surface area contributed by atoms with Crippen LogP contribution in [0.5, 0.6) is 0 Å². The Kier molecular flexibility index (Phi) is 3.27. The van der Waals surface area contributed by atoms with Crippen molar-refractivity contribution in [1.82, 2.24) is 14.8 Å². The fourth-order valence-electron chi connectivity index (χ4n) is 1.48. The van der Waals surface area contributed by atoms with Crippen LogP contribution in [0, 0.1) is 6.92 Å². The summed E-state index contributed by atoms with van der Waals surface area (Å²) >= 11 is 0. The Morgan fingerprint density at radius 2 is 2.17 bits per heavy atom. The Hall–Kier alpha value is -2.37. The Bertz CT molecular complexity index is 539. The molecule has 2 rings (SSSR count). The summed E-state index contributed by atoms with van der Waals surface area (Å²) in [5.41, 5.74) is 2.20. The van der Waals surface area contributed by atoms with E-state index in [9.17, 15) is 4.79 Å². The number of rotatable bonds is 3. The van der Waals surface area contributed by atoms with Crippen molar-refractivity contribution in [2.24, 2.45) is 7.05 Å². The molecule has 0 aliphatic carbocycles. The summed E-state index contributed by atoms with van der Waals surface area (Å²) in [5, 5.41) is 9.80. The van der Waals surface area contributed by atoms with Gasteiger partial charge in [-0.25, -0.2) is 4.98 Å². The van der Waals surface area contributed by atoms with Gasteiger partial charge in [-0.2, -0.15) is 5.10 Å². The third-order valence-corrected chi connectivity index (χ3v) is 2.64. The van der Waals surface area contributed by atoms with Gasteiger partial charge in [-0.05, 0) is 19.1 Å². The molecule has 94 valence electrons. The average Bonchev–Trinajstić information content (AvgIpc) is 2.68. The van der Waals surface area contributed by atoms with Crippen LogP contribution < -0.4 is 10.6 Å². The van der Waals surface area contributed by atoms with E-state index in [1.807, 2.05) is 14.0 Å². The number of carbonyl (C=O) groups is 1. The molecule has 0 fully saturated rings. The van der Waals surface area contributed by atoms with E-state index >= 15 is 0 Å².